The van der Waals surface area contributed by atoms with E-state index in [-0.39, 0.29) is 28.6 Å². The van der Waals surface area contributed by atoms with E-state index < -0.39 is 0 Å². The highest BCUT2D eigenvalue weighted by Crippen LogP contribution is 2.58. The number of ether oxygens (including phenoxy) is 1. The van der Waals surface area contributed by atoms with Gasteiger partial charge in [0.25, 0.3) is 0 Å². The Hall–Kier alpha value is -2.69. The van der Waals surface area contributed by atoms with Gasteiger partial charge in [0.05, 0.1) is 6.61 Å². The highest BCUT2D eigenvalue weighted by atomic mass is 16.5. The van der Waals surface area contributed by atoms with Crippen LogP contribution in [0.25, 0.3) is 0 Å². The molecule has 2 unspecified atom stereocenters. The molecule has 2 aromatic rings. The summed E-state index contributed by atoms with van der Waals surface area (Å²) in [4.78, 5) is 8.81. The quantitative estimate of drug-likeness (QED) is 0.545. The number of hydrogen-bond acceptors (Lipinski definition) is 5. The van der Waals surface area contributed by atoms with Gasteiger partial charge < -0.3 is 24.9 Å². The molecule has 0 saturated carbocycles. The van der Waals surface area contributed by atoms with Crippen LogP contribution in [0.15, 0.2) is 30.3 Å². The predicted molar refractivity (Wildman–Crippen MR) is 93.4 cm³/mol. The second kappa shape index (κ2) is 6.31. The number of aldehydes is 1. The molecule has 25 heavy (non-hydrogen) atoms. The molecule has 0 radical (unpaired) electrons. The molecule has 0 fully saturated rings. The smallest absolute Gasteiger partial charge is 0.157 e. The number of carbonyl (C=O) groups is 1. The van der Waals surface area contributed by atoms with Crippen LogP contribution in [0.3, 0.4) is 0 Å². The summed E-state index contributed by atoms with van der Waals surface area (Å²) in [5.41, 5.74) is 3.08. The second-order valence-electron chi connectivity index (χ2n) is 6.61. The van der Waals surface area contributed by atoms with Crippen LogP contribution in [0.1, 0.15) is 42.9 Å². The predicted octanol–water partition coefficient (Wildman–Crippen LogP) is 3.49. The standard InChI is InChI=1S/C18H18O4.C2H4O/c1-2-18-8-10-5-14(20)15(21)7-13(10)17(18)12-4-3-11(19)6-16(12)22-9-18;1-2-3/h3-7,17,19-21H,2,8-9H2,1H3;2H,1H3. The molecule has 1 aliphatic heterocycles. The second-order valence-corrected chi connectivity index (χ2v) is 6.61. The van der Waals surface area contributed by atoms with Crippen molar-refractivity contribution < 1.29 is 24.9 Å². The minimum atomic E-state index is -0.0857. The topological polar surface area (TPSA) is 87.0 Å². The third kappa shape index (κ3) is 2.69. The Morgan fingerprint density at radius 2 is 1.84 bits per heavy atom. The van der Waals surface area contributed by atoms with E-state index in [4.69, 9.17) is 9.53 Å². The van der Waals surface area contributed by atoms with Crippen LogP contribution in [0, 0.1) is 5.41 Å². The summed E-state index contributed by atoms with van der Waals surface area (Å²) in [6, 6.07) is 8.56. The number of carbonyl (C=O) groups excluding carboxylic acids is 1. The van der Waals surface area contributed by atoms with Gasteiger partial charge in [0, 0.05) is 23.0 Å². The highest BCUT2D eigenvalue weighted by molar-refractivity contribution is 5.58. The summed E-state index contributed by atoms with van der Waals surface area (Å²) < 4.78 is 5.92. The highest BCUT2D eigenvalue weighted by Gasteiger charge is 2.50. The van der Waals surface area contributed by atoms with Crippen molar-refractivity contribution in [3.05, 3.63) is 47.0 Å². The van der Waals surface area contributed by atoms with Crippen molar-refractivity contribution >= 4 is 6.29 Å². The lowest BCUT2D eigenvalue weighted by atomic mass is 9.70. The molecule has 2 aliphatic rings. The van der Waals surface area contributed by atoms with E-state index in [1.54, 1.807) is 24.3 Å². The summed E-state index contributed by atoms with van der Waals surface area (Å²) in [5.74, 6) is 0.848. The molecule has 0 bridgehead atoms. The van der Waals surface area contributed by atoms with Gasteiger partial charge in [-0.1, -0.05) is 13.0 Å². The molecule has 5 heteroatoms. The molecule has 0 aromatic heterocycles. The van der Waals surface area contributed by atoms with Gasteiger partial charge in [-0.05, 0) is 49.1 Å². The third-order valence-electron chi connectivity index (χ3n) is 5.23. The zero-order chi connectivity index (χ0) is 18.2. The van der Waals surface area contributed by atoms with E-state index in [1.165, 1.54) is 6.92 Å². The fourth-order valence-electron chi connectivity index (χ4n) is 4.04. The Morgan fingerprint density at radius 3 is 2.52 bits per heavy atom. The molecule has 3 N–H and O–H groups in total. The lowest BCUT2D eigenvalue weighted by Gasteiger charge is -2.40. The normalized spacial score (nSPS) is 22.6. The molecule has 2 atom stereocenters. The maximum Gasteiger partial charge on any atom is 0.157 e. The van der Waals surface area contributed by atoms with Crippen LogP contribution < -0.4 is 4.74 Å². The van der Waals surface area contributed by atoms with E-state index in [2.05, 4.69) is 6.92 Å². The van der Waals surface area contributed by atoms with E-state index in [1.807, 2.05) is 6.07 Å². The minimum absolute atomic E-state index is 0.0630. The van der Waals surface area contributed by atoms with Gasteiger partial charge >= 0.3 is 0 Å². The average molecular weight is 342 g/mol. The van der Waals surface area contributed by atoms with Crippen LogP contribution in [0.5, 0.6) is 23.0 Å². The van der Waals surface area contributed by atoms with Crippen molar-refractivity contribution in [2.45, 2.75) is 32.6 Å². The van der Waals surface area contributed by atoms with E-state index in [0.29, 0.717) is 12.4 Å². The summed E-state index contributed by atoms with van der Waals surface area (Å²) in [6.07, 6.45) is 2.51. The maximum absolute atomic E-state index is 9.90. The van der Waals surface area contributed by atoms with E-state index >= 15 is 0 Å². The van der Waals surface area contributed by atoms with Gasteiger partial charge in [-0.15, -0.1) is 0 Å². The fourth-order valence-corrected chi connectivity index (χ4v) is 4.04. The number of hydrogen-bond donors (Lipinski definition) is 3. The molecule has 2 aromatic carbocycles. The largest absolute Gasteiger partial charge is 0.508 e. The summed E-state index contributed by atoms with van der Waals surface area (Å²) in [7, 11) is 0. The van der Waals surface area contributed by atoms with Crippen molar-refractivity contribution in [3.63, 3.8) is 0 Å². The first-order chi connectivity index (χ1) is 12.0. The van der Waals surface area contributed by atoms with Crippen LogP contribution in [0.2, 0.25) is 0 Å². The Balaban J connectivity index is 0.000000569. The lowest BCUT2D eigenvalue weighted by Crippen LogP contribution is -2.36. The molecule has 4 rings (SSSR count). The van der Waals surface area contributed by atoms with Gasteiger partial charge in [-0.3, -0.25) is 0 Å². The van der Waals surface area contributed by atoms with Gasteiger partial charge in [0.2, 0.25) is 0 Å². The number of rotatable bonds is 1. The van der Waals surface area contributed by atoms with E-state index in [0.717, 1.165) is 35.8 Å². The van der Waals surface area contributed by atoms with Crippen molar-refractivity contribution in [2.24, 2.45) is 5.41 Å². The number of phenolic OH excluding ortho intramolecular Hbond substituents is 3. The molecule has 1 aliphatic carbocycles. The van der Waals surface area contributed by atoms with Crippen molar-refractivity contribution in [3.8, 4) is 23.0 Å². The zero-order valence-electron chi connectivity index (χ0n) is 14.3. The molecule has 0 amide bonds. The number of fused-ring (bicyclic) bond motifs is 5. The summed E-state index contributed by atoms with van der Waals surface area (Å²) in [6.45, 7) is 4.16. The fraction of sp³-hybridized carbons (Fsp3) is 0.350. The first-order valence-electron chi connectivity index (χ1n) is 8.36. The molecule has 1 heterocycles. The molecule has 0 saturated heterocycles. The monoisotopic (exact) mass is 342 g/mol. The van der Waals surface area contributed by atoms with Crippen molar-refractivity contribution in [2.75, 3.05) is 6.61 Å². The SMILES string of the molecule is CC=O.CCC12COc3cc(O)ccc3C1c1cc(O)c(O)cc1C2. The van der Waals surface area contributed by atoms with Crippen molar-refractivity contribution in [1.82, 2.24) is 0 Å². The van der Waals surface area contributed by atoms with Crippen LogP contribution in [0.4, 0.5) is 0 Å². The van der Waals surface area contributed by atoms with Gasteiger partial charge in [-0.25, -0.2) is 0 Å². The zero-order valence-corrected chi connectivity index (χ0v) is 14.3. The molecule has 132 valence electrons. The van der Waals surface area contributed by atoms with Gasteiger partial charge in [0.1, 0.15) is 17.8 Å². The van der Waals surface area contributed by atoms with Crippen molar-refractivity contribution in [1.29, 1.82) is 0 Å². The van der Waals surface area contributed by atoms with Gasteiger partial charge in [-0.2, -0.15) is 0 Å². The first-order valence-corrected chi connectivity index (χ1v) is 8.36. The maximum atomic E-state index is 9.90. The molecule has 5 nitrogen and oxygen atoms in total. The lowest BCUT2D eigenvalue weighted by molar-refractivity contribution is -0.106. The average Bonchev–Trinajstić information content (AvgIpc) is 2.90. The molecular formula is C20H22O5. The van der Waals surface area contributed by atoms with Crippen LogP contribution >= 0.6 is 0 Å². The number of benzene rings is 2. The van der Waals surface area contributed by atoms with Gasteiger partial charge in [0.15, 0.2) is 11.5 Å². The number of aromatic hydroxyl groups is 3. The van der Waals surface area contributed by atoms with Crippen LogP contribution in [-0.2, 0) is 11.2 Å². The Kier molecular flexibility index (Phi) is 4.33. The number of phenols is 3. The Morgan fingerprint density at radius 1 is 1.16 bits per heavy atom. The Labute approximate surface area is 146 Å². The van der Waals surface area contributed by atoms with E-state index in [9.17, 15) is 15.3 Å². The summed E-state index contributed by atoms with van der Waals surface area (Å²) in [5, 5.41) is 29.4. The molecular weight excluding hydrogens is 320 g/mol. The Bertz CT molecular complexity index is 814. The molecule has 0 spiro atoms. The third-order valence-corrected chi connectivity index (χ3v) is 5.23. The first kappa shape index (κ1) is 17.1. The van der Waals surface area contributed by atoms with Crippen LogP contribution in [-0.4, -0.2) is 28.2 Å². The summed E-state index contributed by atoms with van der Waals surface area (Å²) >= 11 is 0. The minimum Gasteiger partial charge on any atom is -0.508 e.